The molecule has 8 heteroatoms. The van der Waals surface area contributed by atoms with Gasteiger partial charge in [-0.2, -0.15) is 0 Å². The van der Waals surface area contributed by atoms with Crippen molar-refractivity contribution in [2.45, 2.75) is 38.1 Å². The molecule has 0 saturated carbocycles. The normalized spacial score (nSPS) is 15.7. The highest BCUT2D eigenvalue weighted by atomic mass is 32.1. The number of amides is 2. The van der Waals surface area contributed by atoms with Crippen molar-refractivity contribution >= 4 is 17.4 Å². The van der Waals surface area contributed by atoms with Gasteiger partial charge in [0.1, 0.15) is 10.6 Å². The number of aliphatic hydroxyl groups is 1. The van der Waals surface area contributed by atoms with Gasteiger partial charge in [0.15, 0.2) is 0 Å². The van der Waals surface area contributed by atoms with Gasteiger partial charge in [0.05, 0.1) is 12.2 Å². The van der Waals surface area contributed by atoms with Crippen molar-refractivity contribution in [3.8, 4) is 0 Å². The summed E-state index contributed by atoms with van der Waals surface area (Å²) in [6, 6.07) is 13.8. The molecule has 1 aromatic carbocycles. The van der Waals surface area contributed by atoms with Crippen LogP contribution in [0, 0.1) is 0 Å². The van der Waals surface area contributed by atoms with Crippen molar-refractivity contribution in [2.75, 3.05) is 20.1 Å². The van der Waals surface area contributed by atoms with Crippen molar-refractivity contribution in [1.82, 2.24) is 25.1 Å². The Kier molecular flexibility index (Phi) is 7.14. The maximum atomic E-state index is 12.5. The average molecular weight is 452 g/mol. The molecule has 1 saturated heterocycles. The Labute approximate surface area is 192 Å². The third-order valence-corrected chi connectivity index (χ3v) is 6.61. The fraction of sp³-hybridized carbons (Fsp3) is 0.375. The number of urea groups is 1. The highest BCUT2D eigenvalue weighted by Crippen LogP contribution is 2.33. The Balaban J connectivity index is 1.27. The zero-order valence-electron chi connectivity index (χ0n) is 18.3. The summed E-state index contributed by atoms with van der Waals surface area (Å²) in [6.45, 7) is 3.02. The molecule has 1 aliphatic heterocycles. The van der Waals surface area contributed by atoms with Gasteiger partial charge in [-0.05, 0) is 37.1 Å². The molecular weight excluding hydrogens is 422 g/mol. The summed E-state index contributed by atoms with van der Waals surface area (Å²) in [4.78, 5) is 25.3. The van der Waals surface area contributed by atoms with Crippen LogP contribution in [-0.2, 0) is 25.2 Å². The van der Waals surface area contributed by atoms with Crippen LogP contribution in [0.4, 0.5) is 4.79 Å². The lowest BCUT2D eigenvalue weighted by molar-refractivity contribution is -0.0200. The Bertz CT molecular complexity index is 1000. The van der Waals surface area contributed by atoms with Gasteiger partial charge >= 0.3 is 6.03 Å². The van der Waals surface area contributed by atoms with Crippen LogP contribution in [0.5, 0.6) is 0 Å². The number of aromatic nitrogens is 2. The molecule has 2 aromatic heterocycles. The minimum absolute atomic E-state index is 0.0908. The summed E-state index contributed by atoms with van der Waals surface area (Å²) in [5, 5.41) is 17.1. The molecule has 4 rings (SSSR count). The molecule has 1 aliphatic rings. The van der Waals surface area contributed by atoms with Crippen LogP contribution in [0.25, 0.3) is 0 Å². The van der Waals surface area contributed by atoms with Gasteiger partial charge in [0.25, 0.3) is 0 Å². The van der Waals surface area contributed by atoms with E-state index in [0.29, 0.717) is 39.0 Å². The fourth-order valence-electron chi connectivity index (χ4n) is 3.91. The number of carbonyl (C=O) groups is 1. The predicted molar refractivity (Wildman–Crippen MR) is 125 cm³/mol. The highest BCUT2D eigenvalue weighted by Gasteiger charge is 2.37. The van der Waals surface area contributed by atoms with Gasteiger partial charge in [0.2, 0.25) is 0 Å². The van der Waals surface area contributed by atoms with Gasteiger partial charge in [-0.3, -0.25) is 9.88 Å². The first-order valence-corrected chi connectivity index (χ1v) is 11.7. The first-order chi connectivity index (χ1) is 15.5. The number of nitrogens with one attached hydrogen (secondary N) is 1. The molecule has 0 radical (unpaired) electrons. The number of piperidine rings is 1. The van der Waals surface area contributed by atoms with E-state index in [-0.39, 0.29) is 6.03 Å². The van der Waals surface area contributed by atoms with Gasteiger partial charge in [-0.25, -0.2) is 9.78 Å². The van der Waals surface area contributed by atoms with Crippen molar-refractivity contribution in [3.63, 3.8) is 0 Å². The second-order valence-electron chi connectivity index (χ2n) is 8.32. The number of hydrogen-bond donors (Lipinski definition) is 2. The van der Waals surface area contributed by atoms with Crippen molar-refractivity contribution in [1.29, 1.82) is 0 Å². The van der Waals surface area contributed by atoms with E-state index in [0.717, 1.165) is 28.4 Å². The Morgan fingerprint density at radius 3 is 2.62 bits per heavy atom. The number of pyridine rings is 1. The van der Waals surface area contributed by atoms with E-state index >= 15 is 0 Å². The first-order valence-electron chi connectivity index (χ1n) is 10.8. The second kappa shape index (κ2) is 10.2. The summed E-state index contributed by atoms with van der Waals surface area (Å²) in [5.41, 5.74) is 1.96. The van der Waals surface area contributed by atoms with Gasteiger partial charge in [-0.1, -0.05) is 36.4 Å². The summed E-state index contributed by atoms with van der Waals surface area (Å²) in [6.07, 6.45) is 4.62. The summed E-state index contributed by atoms with van der Waals surface area (Å²) in [7, 11) is 2.05. The standard InChI is InChI=1S/C24H29N5O2S/c1-28(16-20-8-5-11-25-14-20)17-22-27-21(18-32-22)24(31)9-12-29(13-10-24)23(30)26-15-19-6-3-2-4-7-19/h2-8,11,14,18,31H,9-10,12-13,15-17H2,1H3,(H,26,30). The van der Waals surface area contributed by atoms with Gasteiger partial charge < -0.3 is 15.3 Å². The minimum Gasteiger partial charge on any atom is -0.383 e. The van der Waals surface area contributed by atoms with Crippen molar-refractivity contribution < 1.29 is 9.90 Å². The van der Waals surface area contributed by atoms with E-state index in [4.69, 9.17) is 4.98 Å². The smallest absolute Gasteiger partial charge is 0.317 e. The van der Waals surface area contributed by atoms with Crippen LogP contribution >= 0.6 is 11.3 Å². The molecule has 7 nitrogen and oxygen atoms in total. The minimum atomic E-state index is -0.979. The Morgan fingerprint density at radius 2 is 1.91 bits per heavy atom. The van der Waals surface area contributed by atoms with E-state index in [1.54, 1.807) is 22.4 Å². The molecule has 0 atom stereocenters. The van der Waals surface area contributed by atoms with E-state index in [1.165, 1.54) is 0 Å². The van der Waals surface area contributed by atoms with Crippen molar-refractivity contribution in [2.24, 2.45) is 0 Å². The second-order valence-corrected chi connectivity index (χ2v) is 9.27. The summed E-state index contributed by atoms with van der Waals surface area (Å²) in [5.74, 6) is 0. The predicted octanol–water partition coefficient (Wildman–Crippen LogP) is 3.36. The lowest BCUT2D eigenvalue weighted by atomic mass is 9.89. The van der Waals surface area contributed by atoms with Crippen LogP contribution in [0.2, 0.25) is 0 Å². The van der Waals surface area contributed by atoms with E-state index in [9.17, 15) is 9.90 Å². The summed E-state index contributed by atoms with van der Waals surface area (Å²) >= 11 is 1.57. The van der Waals surface area contributed by atoms with Crippen LogP contribution < -0.4 is 5.32 Å². The largest absolute Gasteiger partial charge is 0.383 e. The van der Waals surface area contributed by atoms with E-state index < -0.39 is 5.60 Å². The number of thiazole rings is 1. The third-order valence-electron chi connectivity index (χ3n) is 5.77. The molecule has 0 spiro atoms. The topological polar surface area (TPSA) is 81.6 Å². The third kappa shape index (κ3) is 5.70. The first kappa shape index (κ1) is 22.4. The van der Waals surface area contributed by atoms with E-state index in [1.807, 2.05) is 48.0 Å². The highest BCUT2D eigenvalue weighted by molar-refractivity contribution is 7.09. The molecule has 2 N–H and O–H groups in total. The van der Waals surface area contributed by atoms with Crippen molar-refractivity contribution in [3.05, 3.63) is 82.1 Å². The van der Waals surface area contributed by atoms with Crippen LogP contribution in [0.15, 0.2) is 60.2 Å². The molecule has 3 aromatic rings. The average Bonchev–Trinajstić information content (AvgIpc) is 3.28. The SMILES string of the molecule is CN(Cc1cccnc1)Cc1nc(C2(O)CCN(C(=O)NCc3ccccc3)CC2)cs1. The zero-order valence-corrected chi connectivity index (χ0v) is 19.1. The van der Waals surface area contributed by atoms with Gasteiger partial charge in [-0.15, -0.1) is 11.3 Å². The summed E-state index contributed by atoms with van der Waals surface area (Å²) < 4.78 is 0. The van der Waals surface area contributed by atoms with Crippen LogP contribution in [-0.4, -0.2) is 51.0 Å². The number of hydrogen-bond acceptors (Lipinski definition) is 6. The molecule has 0 bridgehead atoms. The maximum Gasteiger partial charge on any atom is 0.317 e. The number of rotatable bonds is 7. The quantitative estimate of drug-likeness (QED) is 0.576. The number of benzene rings is 1. The maximum absolute atomic E-state index is 12.5. The molecule has 3 heterocycles. The molecule has 1 fully saturated rings. The van der Waals surface area contributed by atoms with Crippen LogP contribution in [0.1, 0.15) is 34.7 Å². The van der Waals surface area contributed by atoms with Crippen LogP contribution in [0.3, 0.4) is 0 Å². The Morgan fingerprint density at radius 1 is 1.16 bits per heavy atom. The number of likely N-dealkylation sites (tertiary alicyclic amines) is 1. The molecule has 32 heavy (non-hydrogen) atoms. The molecular formula is C24H29N5O2S. The number of nitrogens with zero attached hydrogens (tertiary/aromatic N) is 4. The Hall–Kier alpha value is -2.81. The van der Waals surface area contributed by atoms with E-state index in [2.05, 4.69) is 28.3 Å². The lowest BCUT2D eigenvalue weighted by Crippen LogP contribution is -2.48. The molecule has 168 valence electrons. The number of carbonyl (C=O) groups excluding carboxylic acids is 1. The van der Waals surface area contributed by atoms with Gasteiger partial charge in [0, 0.05) is 44.0 Å². The molecule has 0 unspecified atom stereocenters. The fourth-order valence-corrected chi connectivity index (χ4v) is 4.87. The lowest BCUT2D eigenvalue weighted by Gasteiger charge is -2.37. The zero-order chi connectivity index (χ0) is 22.4. The monoisotopic (exact) mass is 451 g/mol. The molecule has 0 aliphatic carbocycles. The molecule has 2 amide bonds.